The molecule has 3 aromatic rings. The van der Waals surface area contributed by atoms with Gasteiger partial charge in [-0.2, -0.15) is 4.98 Å². The van der Waals surface area contributed by atoms with Gasteiger partial charge in [0.1, 0.15) is 0 Å². The molecule has 0 spiro atoms. The topological polar surface area (TPSA) is 81.2 Å². The maximum atomic E-state index is 12.2. The fourth-order valence-electron chi connectivity index (χ4n) is 2.47. The van der Waals surface area contributed by atoms with E-state index in [9.17, 15) is 4.79 Å². The summed E-state index contributed by atoms with van der Waals surface area (Å²) in [6.45, 7) is 2.04. The SMILES string of the molecule is CCC(NC(=O)CCc1nc(-c2ccco2)no1)c1ccc(Br)cc1. The number of nitrogens with zero attached hydrogens (tertiary/aromatic N) is 2. The van der Waals surface area contributed by atoms with E-state index in [4.69, 9.17) is 8.94 Å². The van der Waals surface area contributed by atoms with Crippen molar-refractivity contribution in [1.82, 2.24) is 15.5 Å². The summed E-state index contributed by atoms with van der Waals surface area (Å²) in [4.78, 5) is 16.5. The van der Waals surface area contributed by atoms with Gasteiger partial charge >= 0.3 is 0 Å². The standard InChI is InChI=1S/C18H18BrN3O3/c1-2-14(12-5-7-13(19)8-6-12)20-16(23)9-10-17-21-18(22-25-17)15-4-3-11-24-15/h3-8,11,14H,2,9-10H2,1H3,(H,20,23). The van der Waals surface area contributed by atoms with Gasteiger partial charge in [-0.05, 0) is 36.2 Å². The second-order valence-electron chi connectivity index (χ2n) is 5.57. The zero-order chi connectivity index (χ0) is 17.6. The number of hydrogen-bond acceptors (Lipinski definition) is 5. The zero-order valence-electron chi connectivity index (χ0n) is 13.7. The number of carbonyl (C=O) groups is 1. The van der Waals surface area contributed by atoms with E-state index in [0.29, 0.717) is 23.9 Å². The number of carbonyl (C=O) groups excluding carboxylic acids is 1. The summed E-state index contributed by atoms with van der Waals surface area (Å²) in [6.07, 6.45) is 3.03. The van der Waals surface area contributed by atoms with Gasteiger partial charge in [-0.25, -0.2) is 0 Å². The number of furan rings is 1. The monoisotopic (exact) mass is 403 g/mol. The molecule has 6 nitrogen and oxygen atoms in total. The van der Waals surface area contributed by atoms with E-state index in [1.54, 1.807) is 18.4 Å². The highest BCUT2D eigenvalue weighted by Crippen LogP contribution is 2.20. The summed E-state index contributed by atoms with van der Waals surface area (Å²) in [7, 11) is 0. The van der Waals surface area contributed by atoms with Crippen molar-refractivity contribution in [2.75, 3.05) is 0 Å². The lowest BCUT2D eigenvalue weighted by Gasteiger charge is -2.17. The molecule has 1 amide bonds. The predicted molar refractivity (Wildman–Crippen MR) is 95.6 cm³/mol. The number of hydrogen-bond donors (Lipinski definition) is 1. The molecule has 3 rings (SSSR count). The van der Waals surface area contributed by atoms with Crippen molar-refractivity contribution in [1.29, 1.82) is 0 Å². The van der Waals surface area contributed by atoms with Crippen LogP contribution < -0.4 is 5.32 Å². The number of halogens is 1. The third-order valence-electron chi connectivity index (χ3n) is 3.79. The summed E-state index contributed by atoms with van der Waals surface area (Å²) < 4.78 is 11.4. The fourth-order valence-corrected chi connectivity index (χ4v) is 2.73. The quantitative estimate of drug-likeness (QED) is 0.635. The zero-order valence-corrected chi connectivity index (χ0v) is 15.3. The lowest BCUT2D eigenvalue weighted by Crippen LogP contribution is -2.28. The molecule has 0 saturated heterocycles. The summed E-state index contributed by atoms with van der Waals surface area (Å²) in [5.74, 6) is 1.30. The lowest BCUT2D eigenvalue weighted by molar-refractivity contribution is -0.121. The molecule has 0 aliphatic rings. The van der Waals surface area contributed by atoms with Crippen LogP contribution in [0.5, 0.6) is 0 Å². The molecule has 1 aromatic carbocycles. The van der Waals surface area contributed by atoms with Crippen molar-refractivity contribution in [2.45, 2.75) is 32.2 Å². The van der Waals surface area contributed by atoms with Crippen LogP contribution in [-0.2, 0) is 11.2 Å². The molecule has 0 bridgehead atoms. The first-order valence-electron chi connectivity index (χ1n) is 8.07. The molecule has 25 heavy (non-hydrogen) atoms. The maximum absolute atomic E-state index is 12.2. The molecule has 130 valence electrons. The van der Waals surface area contributed by atoms with Gasteiger partial charge in [0.2, 0.25) is 17.6 Å². The van der Waals surface area contributed by atoms with Gasteiger partial charge in [0, 0.05) is 17.3 Å². The summed E-state index contributed by atoms with van der Waals surface area (Å²) in [6, 6.07) is 11.5. The fraction of sp³-hybridized carbons (Fsp3) is 0.278. The van der Waals surface area contributed by atoms with Crippen molar-refractivity contribution in [3.05, 3.63) is 58.6 Å². The number of benzene rings is 1. The second kappa shape index (κ2) is 8.11. The van der Waals surface area contributed by atoms with Gasteiger partial charge in [0.05, 0.1) is 12.3 Å². The van der Waals surface area contributed by atoms with Crippen LogP contribution in [0.3, 0.4) is 0 Å². The van der Waals surface area contributed by atoms with E-state index in [0.717, 1.165) is 16.5 Å². The first kappa shape index (κ1) is 17.4. The third-order valence-corrected chi connectivity index (χ3v) is 4.32. The largest absolute Gasteiger partial charge is 0.461 e. The first-order chi connectivity index (χ1) is 12.2. The number of rotatable bonds is 7. The smallest absolute Gasteiger partial charge is 0.238 e. The molecular weight excluding hydrogens is 386 g/mol. The second-order valence-corrected chi connectivity index (χ2v) is 6.48. The molecule has 0 radical (unpaired) electrons. The highest BCUT2D eigenvalue weighted by Gasteiger charge is 2.15. The molecule has 0 fully saturated rings. The van der Waals surface area contributed by atoms with Gasteiger partial charge < -0.3 is 14.3 Å². The number of nitrogens with one attached hydrogen (secondary N) is 1. The van der Waals surface area contributed by atoms with Gasteiger partial charge in [0.15, 0.2) is 5.76 Å². The average Bonchev–Trinajstić information content (AvgIpc) is 3.30. The van der Waals surface area contributed by atoms with Gasteiger partial charge in [-0.3, -0.25) is 4.79 Å². The molecule has 7 heteroatoms. The Morgan fingerprint density at radius 2 is 2.08 bits per heavy atom. The van der Waals surface area contributed by atoms with Gasteiger partial charge in [-0.15, -0.1) is 0 Å². The highest BCUT2D eigenvalue weighted by molar-refractivity contribution is 9.10. The van der Waals surface area contributed by atoms with Crippen LogP contribution >= 0.6 is 15.9 Å². The van der Waals surface area contributed by atoms with Crippen molar-refractivity contribution >= 4 is 21.8 Å². The van der Waals surface area contributed by atoms with Crippen LogP contribution in [0.25, 0.3) is 11.6 Å². The van der Waals surface area contributed by atoms with E-state index in [1.165, 1.54) is 0 Å². The van der Waals surface area contributed by atoms with Crippen LogP contribution in [-0.4, -0.2) is 16.0 Å². The Hall–Kier alpha value is -2.41. The van der Waals surface area contributed by atoms with E-state index < -0.39 is 0 Å². The van der Waals surface area contributed by atoms with Crippen LogP contribution in [0.15, 0.2) is 56.1 Å². The van der Waals surface area contributed by atoms with Crippen molar-refractivity contribution in [3.63, 3.8) is 0 Å². The summed E-state index contributed by atoms with van der Waals surface area (Å²) in [5, 5.41) is 6.90. The molecule has 2 aromatic heterocycles. The average molecular weight is 404 g/mol. The van der Waals surface area contributed by atoms with Crippen LogP contribution in [0.4, 0.5) is 0 Å². The highest BCUT2D eigenvalue weighted by atomic mass is 79.9. The molecule has 0 aliphatic heterocycles. The Labute approximate surface area is 153 Å². The van der Waals surface area contributed by atoms with Gasteiger partial charge in [-0.1, -0.05) is 40.1 Å². The first-order valence-corrected chi connectivity index (χ1v) is 8.86. The summed E-state index contributed by atoms with van der Waals surface area (Å²) in [5.41, 5.74) is 1.08. The van der Waals surface area contributed by atoms with E-state index in [2.05, 4.69) is 31.4 Å². The van der Waals surface area contributed by atoms with Crippen LogP contribution in [0, 0.1) is 0 Å². The predicted octanol–water partition coefficient (Wildman–Crippen LogP) is 4.29. The third kappa shape index (κ3) is 4.57. The number of amides is 1. The van der Waals surface area contributed by atoms with E-state index >= 15 is 0 Å². The minimum Gasteiger partial charge on any atom is -0.461 e. The van der Waals surface area contributed by atoms with Crippen LogP contribution in [0.1, 0.15) is 37.3 Å². The number of aromatic nitrogens is 2. The Balaban J connectivity index is 1.54. The Morgan fingerprint density at radius 3 is 2.76 bits per heavy atom. The lowest BCUT2D eigenvalue weighted by atomic mass is 10.0. The van der Waals surface area contributed by atoms with E-state index in [1.807, 2.05) is 31.2 Å². The molecular formula is C18H18BrN3O3. The van der Waals surface area contributed by atoms with Crippen molar-refractivity contribution in [3.8, 4) is 11.6 Å². The minimum atomic E-state index is -0.0486. The molecule has 1 unspecified atom stereocenters. The Morgan fingerprint density at radius 1 is 1.28 bits per heavy atom. The molecule has 0 aliphatic carbocycles. The number of aryl methyl sites for hydroxylation is 1. The molecule has 0 saturated carbocycles. The normalized spacial score (nSPS) is 12.1. The van der Waals surface area contributed by atoms with E-state index in [-0.39, 0.29) is 18.4 Å². The van der Waals surface area contributed by atoms with Crippen LogP contribution in [0.2, 0.25) is 0 Å². The van der Waals surface area contributed by atoms with Gasteiger partial charge in [0.25, 0.3) is 0 Å². The minimum absolute atomic E-state index is 0.0121. The van der Waals surface area contributed by atoms with Crippen molar-refractivity contribution < 1.29 is 13.7 Å². The summed E-state index contributed by atoms with van der Waals surface area (Å²) >= 11 is 3.42. The Kier molecular flexibility index (Phi) is 5.65. The molecule has 2 heterocycles. The maximum Gasteiger partial charge on any atom is 0.238 e. The molecule has 1 atom stereocenters. The Bertz CT molecular complexity index is 812. The molecule has 1 N–H and O–H groups in total. The van der Waals surface area contributed by atoms with Crippen molar-refractivity contribution in [2.24, 2.45) is 0 Å².